The molecule has 1 aromatic heterocycles. The molecule has 0 aliphatic heterocycles. The van der Waals surface area contributed by atoms with Crippen LogP contribution in [0.25, 0.3) is 11.5 Å². The van der Waals surface area contributed by atoms with Crippen molar-refractivity contribution < 1.29 is 22.0 Å². The first kappa shape index (κ1) is 30.1. The van der Waals surface area contributed by atoms with Crippen LogP contribution in [0.1, 0.15) is 67.4 Å². The molecule has 0 bridgehead atoms. The van der Waals surface area contributed by atoms with Crippen LogP contribution < -0.4 is 10.0 Å². The van der Waals surface area contributed by atoms with Crippen LogP contribution in [0.4, 0.5) is 10.1 Å². The molecular weight excluding hydrogens is 543 g/mol. The molecule has 0 saturated heterocycles. The summed E-state index contributed by atoms with van der Waals surface area (Å²) in [5.74, 6) is -0.438. The maximum Gasteiger partial charge on any atom is 0.247 e. The van der Waals surface area contributed by atoms with Gasteiger partial charge in [-0.05, 0) is 74.6 Å². The van der Waals surface area contributed by atoms with Crippen molar-refractivity contribution in [2.75, 3.05) is 11.4 Å². The van der Waals surface area contributed by atoms with Gasteiger partial charge in [0, 0.05) is 24.6 Å². The van der Waals surface area contributed by atoms with E-state index in [1.165, 1.54) is 19.2 Å². The number of anilines is 1. The van der Waals surface area contributed by atoms with Crippen molar-refractivity contribution in [3.05, 3.63) is 101 Å². The number of sulfonamides is 1. The number of Topliss-reactive ketones (excluding diaryl/α,β-unsaturated/α-hetero) is 1. The molecule has 0 aliphatic rings. The fourth-order valence-corrected chi connectivity index (χ4v) is 5.54. The molecule has 0 saturated carbocycles. The minimum atomic E-state index is -3.69. The molecule has 0 amide bonds. The van der Waals surface area contributed by atoms with Crippen molar-refractivity contribution in [3.63, 3.8) is 0 Å². The summed E-state index contributed by atoms with van der Waals surface area (Å²) in [5, 5.41) is 7.71. The molecule has 10 heteroatoms. The molecule has 0 radical (unpaired) electrons. The third-order valence-electron chi connectivity index (χ3n) is 7.09. The van der Waals surface area contributed by atoms with E-state index in [0.717, 1.165) is 15.4 Å². The maximum atomic E-state index is 13.5. The van der Waals surface area contributed by atoms with E-state index in [4.69, 9.17) is 10.2 Å². The highest BCUT2D eigenvalue weighted by Crippen LogP contribution is 2.32. The Morgan fingerprint density at radius 3 is 2.32 bits per heavy atom. The average molecular weight is 579 g/mol. The summed E-state index contributed by atoms with van der Waals surface area (Å²) in [6, 6.07) is 20.5. The number of halogens is 1. The van der Waals surface area contributed by atoms with E-state index in [-0.39, 0.29) is 47.0 Å². The zero-order chi connectivity index (χ0) is 29.9. The molecule has 0 aliphatic carbocycles. The Bertz CT molecular complexity index is 1620. The summed E-state index contributed by atoms with van der Waals surface area (Å²) < 4.78 is 46.6. The molecule has 8 nitrogen and oxygen atoms in total. The minimum absolute atomic E-state index is 0.113. The Balaban J connectivity index is 1.70. The Hall–Kier alpha value is -3.89. The Labute approximate surface area is 240 Å². The predicted octanol–water partition coefficient (Wildman–Crippen LogP) is 5.84. The van der Waals surface area contributed by atoms with Crippen molar-refractivity contribution >= 4 is 21.5 Å². The monoisotopic (exact) mass is 578 g/mol. The molecule has 4 rings (SSSR count). The Kier molecular flexibility index (Phi) is 8.74. The van der Waals surface area contributed by atoms with Crippen LogP contribution >= 0.6 is 0 Å². The van der Waals surface area contributed by atoms with Gasteiger partial charge in [0.15, 0.2) is 5.78 Å². The van der Waals surface area contributed by atoms with E-state index in [0.29, 0.717) is 12.0 Å². The molecular formula is C31H35FN4O4S. The molecule has 216 valence electrons. The number of ketones is 1. The molecule has 2 N–H and O–H groups in total. The van der Waals surface area contributed by atoms with E-state index in [9.17, 15) is 17.6 Å². The zero-order valence-electron chi connectivity index (χ0n) is 23.8. The van der Waals surface area contributed by atoms with Gasteiger partial charge in [0.25, 0.3) is 0 Å². The lowest BCUT2D eigenvalue weighted by molar-refractivity contribution is 0.0975. The first-order chi connectivity index (χ1) is 19.3. The van der Waals surface area contributed by atoms with Gasteiger partial charge in [-0.2, -0.15) is 0 Å². The van der Waals surface area contributed by atoms with Crippen LogP contribution in [0, 0.1) is 5.82 Å². The fourth-order valence-electron chi connectivity index (χ4n) is 4.51. The quantitative estimate of drug-likeness (QED) is 0.222. The lowest BCUT2D eigenvalue weighted by Crippen LogP contribution is -2.35. The standard InChI is InChI=1S/C31H35FN4O4S/c1-20(2)41(38,39)36(5)27-17-24(28(37)15-21(3)23-11-13-26(32)14-12-23)16-25(18-27)29-34-35-30(40-29)31(4,33)19-22-9-7-6-8-10-22/h6-14,16-18,20-21H,15,19,33H2,1-5H3/t21-,31+/m0/s1. The number of hydrogen-bond donors (Lipinski definition) is 1. The third kappa shape index (κ3) is 6.89. The molecule has 4 aromatic rings. The van der Waals surface area contributed by atoms with Crippen LogP contribution in [0.2, 0.25) is 0 Å². The summed E-state index contributed by atoms with van der Waals surface area (Å²) in [4.78, 5) is 13.5. The molecule has 3 aromatic carbocycles. The van der Waals surface area contributed by atoms with Gasteiger partial charge in [0.2, 0.25) is 21.8 Å². The SMILES string of the molecule is CC(C)S(=O)(=O)N(C)c1cc(C(=O)C[C@H](C)c2ccc(F)cc2)cc(-c2nnc([C@](C)(N)Cc3ccccc3)o2)c1. The lowest BCUT2D eigenvalue weighted by atomic mass is 9.92. The van der Waals surface area contributed by atoms with Gasteiger partial charge >= 0.3 is 0 Å². The Morgan fingerprint density at radius 1 is 1.02 bits per heavy atom. The zero-order valence-corrected chi connectivity index (χ0v) is 24.7. The van der Waals surface area contributed by atoms with Gasteiger partial charge < -0.3 is 10.2 Å². The van der Waals surface area contributed by atoms with Crippen LogP contribution in [-0.2, 0) is 22.0 Å². The molecule has 0 spiro atoms. The number of carbonyl (C=O) groups is 1. The summed E-state index contributed by atoms with van der Waals surface area (Å²) in [7, 11) is -2.25. The lowest BCUT2D eigenvalue weighted by Gasteiger charge is -2.23. The number of nitrogens with two attached hydrogens (primary N) is 1. The van der Waals surface area contributed by atoms with Gasteiger partial charge in [-0.25, -0.2) is 12.8 Å². The molecule has 2 atom stereocenters. The number of benzene rings is 3. The van der Waals surface area contributed by atoms with Crippen LogP contribution in [0.15, 0.2) is 77.2 Å². The van der Waals surface area contributed by atoms with Crippen LogP contribution in [0.5, 0.6) is 0 Å². The van der Waals surface area contributed by atoms with E-state index >= 15 is 0 Å². The van der Waals surface area contributed by atoms with Crippen molar-refractivity contribution in [1.82, 2.24) is 10.2 Å². The first-order valence-electron chi connectivity index (χ1n) is 13.4. The second-order valence-electron chi connectivity index (χ2n) is 10.9. The summed E-state index contributed by atoms with van der Waals surface area (Å²) >= 11 is 0. The predicted molar refractivity (Wildman–Crippen MR) is 158 cm³/mol. The molecule has 0 unspecified atom stereocenters. The average Bonchev–Trinajstić information content (AvgIpc) is 3.45. The van der Waals surface area contributed by atoms with Gasteiger partial charge in [0.05, 0.1) is 16.5 Å². The van der Waals surface area contributed by atoms with Crippen molar-refractivity contribution in [3.8, 4) is 11.5 Å². The van der Waals surface area contributed by atoms with Gasteiger partial charge in [0.1, 0.15) is 5.82 Å². The topological polar surface area (TPSA) is 119 Å². The van der Waals surface area contributed by atoms with Crippen molar-refractivity contribution in [1.29, 1.82) is 0 Å². The Morgan fingerprint density at radius 2 is 1.68 bits per heavy atom. The molecule has 1 heterocycles. The van der Waals surface area contributed by atoms with Gasteiger partial charge in [-0.1, -0.05) is 49.4 Å². The van der Waals surface area contributed by atoms with Gasteiger partial charge in [-0.15, -0.1) is 10.2 Å². The fraction of sp³-hybridized carbons (Fsp3) is 0.323. The van der Waals surface area contributed by atoms with Gasteiger partial charge in [-0.3, -0.25) is 9.10 Å². The number of rotatable bonds is 11. The number of carbonyl (C=O) groups excluding carboxylic acids is 1. The first-order valence-corrected chi connectivity index (χ1v) is 14.9. The largest absolute Gasteiger partial charge is 0.419 e. The summed E-state index contributed by atoms with van der Waals surface area (Å²) in [5.41, 5.74) is 8.38. The van der Waals surface area contributed by atoms with Crippen LogP contribution in [0.3, 0.4) is 0 Å². The molecule has 0 fully saturated rings. The number of hydrogen-bond acceptors (Lipinski definition) is 7. The molecule has 41 heavy (non-hydrogen) atoms. The summed E-state index contributed by atoms with van der Waals surface area (Å²) in [6.45, 7) is 6.85. The maximum absolute atomic E-state index is 13.5. The minimum Gasteiger partial charge on any atom is -0.419 e. The highest BCUT2D eigenvalue weighted by Gasteiger charge is 2.30. The third-order valence-corrected chi connectivity index (χ3v) is 9.25. The van der Waals surface area contributed by atoms with Crippen molar-refractivity contribution in [2.45, 2.75) is 57.2 Å². The van der Waals surface area contributed by atoms with E-state index < -0.39 is 20.8 Å². The second-order valence-corrected chi connectivity index (χ2v) is 13.4. The summed E-state index contributed by atoms with van der Waals surface area (Å²) in [6.07, 6.45) is 0.581. The normalized spacial score (nSPS) is 14.0. The highest BCUT2D eigenvalue weighted by molar-refractivity contribution is 7.93. The highest BCUT2D eigenvalue weighted by atomic mass is 32.2. The van der Waals surface area contributed by atoms with E-state index in [1.54, 1.807) is 51.1 Å². The van der Waals surface area contributed by atoms with Crippen molar-refractivity contribution in [2.24, 2.45) is 5.73 Å². The number of nitrogens with zero attached hydrogens (tertiary/aromatic N) is 3. The van der Waals surface area contributed by atoms with E-state index in [1.807, 2.05) is 37.3 Å². The second kappa shape index (κ2) is 11.9. The number of aromatic nitrogens is 2. The van der Waals surface area contributed by atoms with Crippen LogP contribution in [-0.4, -0.2) is 36.7 Å². The van der Waals surface area contributed by atoms with E-state index in [2.05, 4.69) is 10.2 Å². The smallest absolute Gasteiger partial charge is 0.247 e.